The van der Waals surface area contributed by atoms with Gasteiger partial charge in [0.05, 0.1) is 32.8 Å². The molecule has 3 N–H and O–H groups in total. The molecule has 0 bridgehead atoms. The number of aliphatic hydroxyl groups is 1. The second-order valence-corrected chi connectivity index (χ2v) is 27.8. The summed E-state index contributed by atoms with van der Waals surface area (Å²) in [6.07, 6.45) is 71.5. The van der Waals surface area contributed by atoms with Crippen LogP contribution in [-0.2, 0) is 65.4 Å². The molecular weight excluding hydrogens is 1260 g/mol. The number of hydrogen-bond acceptors (Lipinski definition) is 15. The summed E-state index contributed by atoms with van der Waals surface area (Å²) in [5.74, 6) is -2.34. The number of phosphoric acid groups is 2. The lowest BCUT2D eigenvalue weighted by Gasteiger charge is -2.21. The van der Waals surface area contributed by atoms with Gasteiger partial charge in [0.25, 0.3) is 0 Å². The Hall–Kier alpha value is -4.02. The highest BCUT2D eigenvalue weighted by molar-refractivity contribution is 7.47. The number of unbranched alkanes of at least 4 members (excludes halogenated alkanes) is 29. The molecule has 0 aromatic heterocycles. The average Bonchev–Trinajstić information content (AvgIpc) is 1.09. The Morgan fingerprint density at radius 1 is 0.312 bits per heavy atom. The van der Waals surface area contributed by atoms with Crippen LogP contribution in [0.2, 0.25) is 0 Å². The lowest BCUT2D eigenvalue weighted by molar-refractivity contribution is -0.161. The molecule has 0 aliphatic heterocycles. The molecule has 17 nitrogen and oxygen atoms in total. The summed E-state index contributed by atoms with van der Waals surface area (Å²) in [7, 11) is -9.97. The molecule has 554 valence electrons. The van der Waals surface area contributed by atoms with Gasteiger partial charge < -0.3 is 33.8 Å². The highest BCUT2D eigenvalue weighted by atomic mass is 31.2. The average molecular weight is 1390 g/mol. The van der Waals surface area contributed by atoms with E-state index in [4.69, 9.17) is 37.0 Å². The molecular formula is C77H134O17P2. The maximum atomic E-state index is 13.1. The van der Waals surface area contributed by atoms with E-state index < -0.39 is 97.5 Å². The van der Waals surface area contributed by atoms with Crippen LogP contribution in [0.15, 0.2) is 97.2 Å². The van der Waals surface area contributed by atoms with Crippen molar-refractivity contribution in [2.24, 2.45) is 0 Å². The zero-order valence-electron chi connectivity index (χ0n) is 60.3. The van der Waals surface area contributed by atoms with Gasteiger partial charge in [-0.1, -0.05) is 279 Å². The molecule has 0 fully saturated rings. The van der Waals surface area contributed by atoms with Crippen molar-refractivity contribution in [1.29, 1.82) is 0 Å². The molecule has 5 unspecified atom stereocenters. The predicted octanol–water partition coefficient (Wildman–Crippen LogP) is 21.2. The second kappa shape index (κ2) is 69.5. The molecule has 0 saturated heterocycles. The number of hydrogen-bond donors (Lipinski definition) is 3. The maximum absolute atomic E-state index is 13.1. The smallest absolute Gasteiger partial charge is 0.462 e. The molecule has 0 saturated carbocycles. The highest BCUT2D eigenvalue weighted by Gasteiger charge is 2.30. The standard InChI is InChI=1S/C77H134O17P2/c1-5-9-13-17-21-25-29-32-35-38-42-45-49-53-57-61-74(79)87-67-72(93-76(81)63-59-55-51-47-41-28-24-20-16-12-8-4)69-91-95(83,84)89-65-71(78)66-90-96(85,86)92-70-73(94-77(82)64-60-56-52-48-44-40-37-34-31-27-23-19-15-11-7-3)68-88-75(80)62-58-54-50-46-43-39-36-33-30-26-22-18-14-10-6-2/h10,14,20-22,24-26,32-33,35-36,43,46,54,58,71-73,78H,5-9,11-13,15-19,23,27-31,34,37-42,44-45,47-53,55-57,59-70H2,1-4H3,(H,83,84)(H,85,86)/b14-10-,24-20-,25-21-,26-22-,35-32-,36-33-,46-43-,58-54-. The summed E-state index contributed by atoms with van der Waals surface area (Å²) < 4.78 is 68.2. The number of aliphatic hydroxyl groups excluding tert-OH is 1. The summed E-state index contributed by atoms with van der Waals surface area (Å²) in [4.78, 5) is 72.7. The molecule has 0 aliphatic rings. The minimum Gasteiger partial charge on any atom is -0.462 e. The van der Waals surface area contributed by atoms with Crippen LogP contribution in [-0.4, -0.2) is 96.7 Å². The van der Waals surface area contributed by atoms with Crippen molar-refractivity contribution >= 4 is 39.5 Å². The van der Waals surface area contributed by atoms with Crippen LogP contribution in [0, 0.1) is 0 Å². The van der Waals surface area contributed by atoms with E-state index in [1.165, 1.54) is 96.3 Å². The van der Waals surface area contributed by atoms with Crippen LogP contribution in [0.25, 0.3) is 0 Å². The van der Waals surface area contributed by atoms with Gasteiger partial charge in [-0.15, -0.1) is 0 Å². The van der Waals surface area contributed by atoms with E-state index in [1.807, 2.05) is 18.2 Å². The molecule has 0 spiro atoms. The number of carbonyl (C=O) groups is 4. The Balaban J connectivity index is 5.39. The fourth-order valence-corrected chi connectivity index (χ4v) is 11.4. The first-order valence-electron chi connectivity index (χ1n) is 37.5. The van der Waals surface area contributed by atoms with Crippen molar-refractivity contribution in [1.82, 2.24) is 0 Å². The molecule has 0 radical (unpaired) electrons. The molecule has 19 heteroatoms. The van der Waals surface area contributed by atoms with E-state index in [0.717, 1.165) is 135 Å². The SMILES string of the molecule is CC/C=C\C/C=C\C/C=C\C/C=C\C/C=C\CC(=O)OCC(COP(=O)(O)OCC(O)COP(=O)(O)OCC(COC(=O)CCCCCCC/C=C\C/C=C\CCCCC)OC(=O)CCCCCCC/C=C\CCCC)OC(=O)CCCCCCCCCCCCCCCCC. The first kappa shape index (κ1) is 92.0. The summed E-state index contributed by atoms with van der Waals surface area (Å²) in [6, 6.07) is 0. The first-order chi connectivity index (χ1) is 46.7. The second-order valence-electron chi connectivity index (χ2n) is 24.9. The fraction of sp³-hybridized carbons (Fsp3) is 0.740. The minimum atomic E-state index is -4.99. The third-order valence-electron chi connectivity index (χ3n) is 15.6. The van der Waals surface area contributed by atoms with Crippen molar-refractivity contribution in [3.63, 3.8) is 0 Å². The van der Waals surface area contributed by atoms with Gasteiger partial charge in [-0.05, 0) is 103 Å². The number of allylic oxidation sites excluding steroid dienone is 15. The van der Waals surface area contributed by atoms with E-state index in [9.17, 15) is 43.2 Å². The van der Waals surface area contributed by atoms with Crippen LogP contribution < -0.4 is 0 Å². The lowest BCUT2D eigenvalue weighted by Crippen LogP contribution is -2.30. The third kappa shape index (κ3) is 68.5. The molecule has 5 atom stereocenters. The fourth-order valence-electron chi connectivity index (χ4n) is 9.83. The van der Waals surface area contributed by atoms with Crippen molar-refractivity contribution in [2.45, 2.75) is 329 Å². The van der Waals surface area contributed by atoms with Gasteiger partial charge >= 0.3 is 39.5 Å². The molecule has 0 aliphatic carbocycles. The van der Waals surface area contributed by atoms with Crippen molar-refractivity contribution in [2.75, 3.05) is 39.6 Å². The van der Waals surface area contributed by atoms with Gasteiger partial charge in [-0.2, -0.15) is 0 Å². The van der Waals surface area contributed by atoms with Gasteiger partial charge in [0.1, 0.15) is 19.3 Å². The number of phosphoric ester groups is 2. The van der Waals surface area contributed by atoms with E-state index in [2.05, 4.69) is 101 Å². The molecule has 96 heavy (non-hydrogen) atoms. The Bertz CT molecular complexity index is 2200. The van der Waals surface area contributed by atoms with E-state index >= 15 is 0 Å². The topological polar surface area (TPSA) is 237 Å². The number of ether oxygens (including phenoxy) is 4. The summed E-state index contributed by atoms with van der Waals surface area (Å²) >= 11 is 0. The zero-order valence-corrected chi connectivity index (χ0v) is 62.1. The number of carbonyl (C=O) groups excluding carboxylic acids is 4. The molecule has 0 amide bonds. The molecule has 0 aromatic rings. The molecule has 0 aromatic carbocycles. The predicted molar refractivity (Wildman–Crippen MR) is 390 cm³/mol. The van der Waals surface area contributed by atoms with Gasteiger partial charge in [0, 0.05) is 19.3 Å². The van der Waals surface area contributed by atoms with Gasteiger partial charge in [-0.3, -0.25) is 37.3 Å². The summed E-state index contributed by atoms with van der Waals surface area (Å²) in [6.45, 7) is 4.57. The molecule has 0 rings (SSSR count). The quantitative estimate of drug-likeness (QED) is 0.0169. The Morgan fingerprint density at radius 2 is 0.594 bits per heavy atom. The van der Waals surface area contributed by atoms with Crippen molar-refractivity contribution in [3.05, 3.63) is 97.2 Å². The highest BCUT2D eigenvalue weighted by Crippen LogP contribution is 2.45. The lowest BCUT2D eigenvalue weighted by atomic mass is 10.0. The van der Waals surface area contributed by atoms with Crippen molar-refractivity contribution < 1.29 is 80.2 Å². The van der Waals surface area contributed by atoms with Crippen LogP contribution in [0.3, 0.4) is 0 Å². The van der Waals surface area contributed by atoms with Crippen LogP contribution in [0.5, 0.6) is 0 Å². The summed E-state index contributed by atoms with van der Waals surface area (Å²) in [5.41, 5.74) is 0. The van der Waals surface area contributed by atoms with E-state index in [1.54, 1.807) is 6.08 Å². The Kier molecular flexibility index (Phi) is 66.6. The largest absolute Gasteiger partial charge is 0.472 e. The minimum absolute atomic E-state index is 0.0689. The number of rotatable bonds is 70. The maximum Gasteiger partial charge on any atom is 0.472 e. The van der Waals surface area contributed by atoms with Gasteiger partial charge in [0.15, 0.2) is 12.2 Å². The van der Waals surface area contributed by atoms with Gasteiger partial charge in [0.2, 0.25) is 0 Å². The van der Waals surface area contributed by atoms with Crippen LogP contribution in [0.4, 0.5) is 0 Å². The summed E-state index contributed by atoms with van der Waals surface area (Å²) in [5, 5.41) is 10.6. The molecule has 0 heterocycles. The Morgan fingerprint density at radius 3 is 0.990 bits per heavy atom. The van der Waals surface area contributed by atoms with E-state index in [-0.39, 0.29) is 25.7 Å². The third-order valence-corrected chi connectivity index (χ3v) is 17.5. The van der Waals surface area contributed by atoms with Crippen LogP contribution in [0.1, 0.15) is 310 Å². The monoisotopic (exact) mass is 1390 g/mol. The van der Waals surface area contributed by atoms with Crippen molar-refractivity contribution in [3.8, 4) is 0 Å². The Labute approximate surface area is 582 Å². The number of esters is 4. The van der Waals surface area contributed by atoms with Crippen LogP contribution >= 0.6 is 15.6 Å². The zero-order chi connectivity index (χ0) is 70.4. The van der Waals surface area contributed by atoms with Gasteiger partial charge in [-0.25, -0.2) is 9.13 Å². The first-order valence-corrected chi connectivity index (χ1v) is 40.5. The normalized spacial score (nSPS) is 14.5. The van der Waals surface area contributed by atoms with E-state index in [0.29, 0.717) is 25.7 Å².